The third kappa shape index (κ3) is 12.8. The second kappa shape index (κ2) is 13.7. The van der Waals surface area contributed by atoms with E-state index < -0.39 is 23.2 Å². The number of hydrogen-bond donors (Lipinski definition) is 1. The van der Waals surface area contributed by atoms with Gasteiger partial charge in [0, 0.05) is 6.42 Å². The van der Waals surface area contributed by atoms with Crippen molar-refractivity contribution in [1.82, 2.24) is 0 Å². The van der Waals surface area contributed by atoms with Gasteiger partial charge in [0.1, 0.15) is 5.75 Å². The molecule has 120 valence electrons. The Bertz CT molecular complexity index is 234. The normalized spacial score (nSPS) is 14.0. The van der Waals surface area contributed by atoms with Gasteiger partial charge in [-0.3, -0.25) is 0 Å². The molecule has 0 rings (SSSR count). The van der Waals surface area contributed by atoms with Gasteiger partial charge >= 0.3 is 5.97 Å². The fourth-order valence-electron chi connectivity index (χ4n) is 1.90. The molecule has 2 unspecified atom stereocenters. The van der Waals surface area contributed by atoms with Crippen LogP contribution in [0.5, 0.6) is 0 Å². The molecule has 0 spiro atoms. The largest absolute Gasteiger partial charge is 0.617 e. The summed E-state index contributed by atoms with van der Waals surface area (Å²) in [5.74, 6) is -0.257. The van der Waals surface area contributed by atoms with Crippen LogP contribution in [0, 0.1) is 0 Å². The number of rotatable bonds is 13. The molecule has 0 aromatic carbocycles. The molecule has 2 atom stereocenters. The molecule has 20 heavy (non-hydrogen) atoms. The van der Waals surface area contributed by atoms with Gasteiger partial charge in [-0.2, -0.15) is 0 Å². The summed E-state index contributed by atoms with van der Waals surface area (Å²) >= 11 is -0.984. The summed E-state index contributed by atoms with van der Waals surface area (Å²) < 4.78 is 15.8. The van der Waals surface area contributed by atoms with Gasteiger partial charge in [0.2, 0.25) is 0 Å². The van der Waals surface area contributed by atoms with Crippen molar-refractivity contribution < 1.29 is 19.2 Å². The van der Waals surface area contributed by atoms with Gasteiger partial charge in [-0.05, 0) is 6.42 Å². The summed E-state index contributed by atoms with van der Waals surface area (Å²) in [5, 5.41) is 9.48. The predicted octanol–water partition coefficient (Wildman–Crippen LogP) is 2.80. The smallest absolute Gasteiger partial charge is 0.335 e. The number of hydrogen-bond acceptors (Lipinski definition) is 4. The van der Waals surface area contributed by atoms with Gasteiger partial charge in [-0.1, -0.05) is 63.0 Å². The Kier molecular flexibility index (Phi) is 13.5. The minimum absolute atomic E-state index is 0.208. The average molecular weight is 306 g/mol. The summed E-state index contributed by atoms with van der Waals surface area (Å²) in [4.78, 5) is 11.4. The number of esters is 1. The van der Waals surface area contributed by atoms with Crippen LogP contribution in [0.3, 0.4) is 0 Å². The predicted molar refractivity (Wildman–Crippen MR) is 83.1 cm³/mol. The molecular weight excluding hydrogens is 276 g/mol. The highest BCUT2D eigenvalue weighted by molar-refractivity contribution is 7.90. The van der Waals surface area contributed by atoms with Crippen LogP contribution in [0.4, 0.5) is 0 Å². The zero-order valence-electron chi connectivity index (χ0n) is 12.9. The fourth-order valence-corrected chi connectivity index (χ4v) is 2.46. The molecule has 0 aromatic rings. The van der Waals surface area contributed by atoms with Crippen LogP contribution >= 0.6 is 0 Å². The van der Waals surface area contributed by atoms with Crippen LogP contribution in [-0.4, -0.2) is 40.3 Å². The summed E-state index contributed by atoms with van der Waals surface area (Å²) in [6, 6.07) is 0. The van der Waals surface area contributed by atoms with Gasteiger partial charge in [0.15, 0.2) is 6.10 Å². The SMILES string of the molecule is CCCCCCCCCCOC(=O)C(O)CC[S+](C)[O-]. The lowest BCUT2D eigenvalue weighted by Gasteiger charge is -2.11. The highest BCUT2D eigenvalue weighted by atomic mass is 32.2. The van der Waals surface area contributed by atoms with E-state index in [0.29, 0.717) is 12.4 Å². The first kappa shape index (κ1) is 19.7. The topological polar surface area (TPSA) is 69.6 Å². The molecule has 0 amide bonds. The molecule has 0 bridgehead atoms. The van der Waals surface area contributed by atoms with Crippen molar-refractivity contribution in [3.05, 3.63) is 0 Å². The molecule has 1 N–H and O–H groups in total. The maximum absolute atomic E-state index is 11.4. The maximum atomic E-state index is 11.4. The molecule has 0 radical (unpaired) electrons. The number of aliphatic hydroxyl groups is 1. The molecule has 0 aliphatic rings. The van der Waals surface area contributed by atoms with Crippen molar-refractivity contribution in [3.8, 4) is 0 Å². The van der Waals surface area contributed by atoms with Crippen molar-refractivity contribution in [2.24, 2.45) is 0 Å². The van der Waals surface area contributed by atoms with Crippen molar-refractivity contribution in [2.75, 3.05) is 18.6 Å². The van der Waals surface area contributed by atoms with Gasteiger partial charge in [0.25, 0.3) is 0 Å². The zero-order chi connectivity index (χ0) is 15.2. The molecule has 0 saturated carbocycles. The highest BCUT2D eigenvalue weighted by Crippen LogP contribution is 2.08. The molecule has 0 saturated heterocycles. The summed E-state index contributed by atoms with van der Waals surface area (Å²) in [5.41, 5.74) is 0. The Hall–Kier alpha value is -0.260. The van der Waals surface area contributed by atoms with Crippen LogP contribution in [0.1, 0.15) is 64.7 Å². The van der Waals surface area contributed by atoms with Gasteiger partial charge in [-0.15, -0.1) is 0 Å². The van der Waals surface area contributed by atoms with Crippen LogP contribution < -0.4 is 0 Å². The molecule has 0 aliphatic carbocycles. The van der Waals surface area contributed by atoms with E-state index in [-0.39, 0.29) is 6.42 Å². The van der Waals surface area contributed by atoms with E-state index in [4.69, 9.17) is 4.74 Å². The first-order chi connectivity index (χ1) is 9.57. The van der Waals surface area contributed by atoms with E-state index in [1.165, 1.54) is 38.5 Å². The second-order valence-corrected chi connectivity index (χ2v) is 6.78. The molecule has 5 heteroatoms. The number of aliphatic hydroxyl groups excluding tert-OH is 1. The second-order valence-electron chi connectivity index (χ2n) is 5.22. The third-order valence-corrected chi connectivity index (χ3v) is 4.00. The lowest BCUT2D eigenvalue weighted by atomic mass is 10.1. The van der Waals surface area contributed by atoms with Crippen molar-refractivity contribution in [3.63, 3.8) is 0 Å². The molecule has 0 aromatic heterocycles. The van der Waals surface area contributed by atoms with Crippen LogP contribution in [0.15, 0.2) is 0 Å². The van der Waals surface area contributed by atoms with Gasteiger partial charge < -0.3 is 14.4 Å². The van der Waals surface area contributed by atoms with Crippen molar-refractivity contribution in [2.45, 2.75) is 70.8 Å². The monoisotopic (exact) mass is 306 g/mol. The standard InChI is InChI=1S/C15H30O4S/c1-3-4-5-6-7-8-9-10-12-19-15(17)14(16)11-13-20(2)18/h14,16H,3-13H2,1-2H3. The van der Waals surface area contributed by atoms with E-state index in [0.717, 1.165) is 12.8 Å². The first-order valence-corrected chi connectivity index (χ1v) is 9.45. The van der Waals surface area contributed by atoms with Crippen LogP contribution in [-0.2, 0) is 20.7 Å². The summed E-state index contributed by atoms with van der Waals surface area (Å²) in [7, 11) is 0. The van der Waals surface area contributed by atoms with Crippen molar-refractivity contribution >= 4 is 17.1 Å². The number of ether oxygens (including phenoxy) is 1. The molecule has 0 heterocycles. The van der Waals surface area contributed by atoms with Crippen LogP contribution in [0.25, 0.3) is 0 Å². The third-order valence-electron chi connectivity index (χ3n) is 3.19. The molecular formula is C15H30O4S. The minimum Gasteiger partial charge on any atom is -0.617 e. The van der Waals surface area contributed by atoms with Gasteiger partial charge in [0.05, 0.1) is 12.9 Å². The van der Waals surface area contributed by atoms with E-state index in [1.54, 1.807) is 6.26 Å². The minimum atomic E-state index is -1.13. The van der Waals surface area contributed by atoms with E-state index in [1.807, 2.05) is 0 Å². The Balaban J connectivity index is 3.34. The number of unbranched alkanes of at least 4 members (excludes halogenated alkanes) is 7. The summed E-state index contributed by atoms with van der Waals surface area (Å²) in [6.45, 7) is 2.58. The molecule has 0 aliphatic heterocycles. The van der Waals surface area contributed by atoms with E-state index in [9.17, 15) is 14.5 Å². The van der Waals surface area contributed by atoms with E-state index in [2.05, 4.69) is 6.92 Å². The Morgan fingerprint density at radius 3 is 2.25 bits per heavy atom. The number of carbonyl (C=O) groups excluding carboxylic acids is 1. The molecule has 0 fully saturated rings. The highest BCUT2D eigenvalue weighted by Gasteiger charge is 2.18. The zero-order valence-corrected chi connectivity index (χ0v) is 13.8. The average Bonchev–Trinajstić information content (AvgIpc) is 2.42. The lowest BCUT2D eigenvalue weighted by Crippen LogP contribution is -2.26. The Morgan fingerprint density at radius 2 is 1.70 bits per heavy atom. The van der Waals surface area contributed by atoms with Crippen LogP contribution in [0.2, 0.25) is 0 Å². The number of carbonyl (C=O) groups is 1. The first-order valence-electron chi connectivity index (χ1n) is 7.72. The quantitative estimate of drug-likeness (QED) is 0.323. The Labute approximate surface area is 126 Å². The Morgan fingerprint density at radius 1 is 1.15 bits per heavy atom. The van der Waals surface area contributed by atoms with Gasteiger partial charge in [-0.25, -0.2) is 4.79 Å². The lowest BCUT2D eigenvalue weighted by molar-refractivity contribution is -0.153. The summed E-state index contributed by atoms with van der Waals surface area (Å²) in [6.07, 6.45) is 10.2. The fraction of sp³-hybridized carbons (Fsp3) is 0.933. The van der Waals surface area contributed by atoms with Crippen molar-refractivity contribution in [1.29, 1.82) is 0 Å². The molecule has 4 nitrogen and oxygen atoms in total. The van der Waals surface area contributed by atoms with E-state index >= 15 is 0 Å². The maximum Gasteiger partial charge on any atom is 0.335 e.